The average Bonchev–Trinajstić information content (AvgIpc) is 4.07. The summed E-state index contributed by atoms with van der Waals surface area (Å²) in [5.74, 6) is 0.956. The Bertz CT molecular complexity index is 2350. The Kier molecular flexibility index (Phi) is 11.8. The van der Waals surface area contributed by atoms with E-state index in [0.29, 0.717) is 52.8 Å². The second-order valence-corrected chi connectivity index (χ2v) is 13.6. The number of aromatic nitrogens is 6. The molecule has 7 rings (SSSR count). The van der Waals surface area contributed by atoms with Crippen LogP contribution in [0.15, 0.2) is 110 Å². The van der Waals surface area contributed by atoms with E-state index < -0.39 is 36.3 Å². The van der Waals surface area contributed by atoms with Crippen LogP contribution in [0, 0.1) is 0 Å². The van der Waals surface area contributed by atoms with Crippen molar-refractivity contribution in [1.29, 1.82) is 0 Å². The number of benzene rings is 3. The van der Waals surface area contributed by atoms with E-state index in [2.05, 4.69) is 45.9 Å². The Hall–Kier alpha value is -7.36. The van der Waals surface area contributed by atoms with E-state index in [0.717, 1.165) is 23.2 Å². The number of amides is 4. The molecule has 1 unspecified atom stereocenters. The second-order valence-electron chi connectivity index (χ2n) is 13.6. The fourth-order valence-electron chi connectivity index (χ4n) is 6.78. The van der Waals surface area contributed by atoms with Gasteiger partial charge in [0.25, 0.3) is 5.91 Å². The van der Waals surface area contributed by atoms with Crippen molar-refractivity contribution in [2.75, 3.05) is 20.7 Å². The summed E-state index contributed by atoms with van der Waals surface area (Å²) in [5, 5.41) is 7.92. The highest BCUT2D eigenvalue weighted by Crippen LogP contribution is 2.35. The molecule has 1 fully saturated rings. The van der Waals surface area contributed by atoms with E-state index in [1.54, 1.807) is 85.1 Å². The number of H-pyrrole nitrogens is 2. The number of imidazole rings is 2. The molecule has 0 aliphatic carbocycles. The van der Waals surface area contributed by atoms with Gasteiger partial charge in [0.1, 0.15) is 17.7 Å². The first-order valence-corrected chi connectivity index (χ1v) is 18.7. The lowest BCUT2D eigenvalue weighted by Crippen LogP contribution is -2.41. The van der Waals surface area contributed by atoms with Crippen LogP contribution >= 0.6 is 0 Å². The zero-order valence-corrected chi connectivity index (χ0v) is 32.0. The summed E-state index contributed by atoms with van der Waals surface area (Å²) < 4.78 is 10.3. The van der Waals surface area contributed by atoms with E-state index in [4.69, 9.17) is 9.47 Å². The number of nitrogens with one attached hydrogen (secondary N) is 5. The highest BCUT2D eigenvalue weighted by atomic mass is 16.6. The standard InChI is InChI=1S/C42H42N10O6/c1-25(48-39(53)34(51-42(56)57-3)27-11-6-4-7-12-27)36-46-24-32(49-36)30-21-44-37(45-22-30)29-18-16-26(17-19-29)31-23-47-38(50-31)33-15-10-20-52(33)40(54)35(58-41(55)43-2)28-13-8-5-9-14-28/h4-9,11-14,16-19,21-25,33-35H,10,15,20H2,1-3H3,(H,43,55)(H,46,49)(H,47,50)(H,48,53)(H,51,56)/t25-,33+,34-,35?/m1/s1. The van der Waals surface area contributed by atoms with Crippen LogP contribution < -0.4 is 16.0 Å². The van der Waals surface area contributed by atoms with Gasteiger partial charge >= 0.3 is 12.2 Å². The first-order chi connectivity index (χ1) is 28.2. The van der Waals surface area contributed by atoms with Gasteiger partial charge in [0.2, 0.25) is 12.0 Å². The van der Waals surface area contributed by atoms with Gasteiger partial charge in [-0.15, -0.1) is 0 Å². The first-order valence-electron chi connectivity index (χ1n) is 18.7. The third-order valence-corrected chi connectivity index (χ3v) is 9.83. The van der Waals surface area contributed by atoms with Gasteiger partial charge in [0.15, 0.2) is 5.82 Å². The van der Waals surface area contributed by atoms with Crippen molar-refractivity contribution >= 4 is 24.0 Å². The Balaban J connectivity index is 0.990. The highest BCUT2D eigenvalue weighted by molar-refractivity contribution is 5.87. The van der Waals surface area contributed by atoms with Gasteiger partial charge in [-0.1, -0.05) is 84.9 Å². The molecule has 1 aliphatic rings. The van der Waals surface area contributed by atoms with Crippen molar-refractivity contribution in [1.82, 2.24) is 50.8 Å². The molecule has 0 spiro atoms. The van der Waals surface area contributed by atoms with Crippen LogP contribution in [-0.2, 0) is 19.1 Å². The molecule has 0 radical (unpaired) electrons. The first kappa shape index (κ1) is 38.9. The highest BCUT2D eigenvalue weighted by Gasteiger charge is 2.38. The molecule has 4 heterocycles. The van der Waals surface area contributed by atoms with Gasteiger partial charge in [-0.05, 0) is 30.9 Å². The lowest BCUT2D eigenvalue weighted by atomic mass is 10.1. The fraction of sp³-hybridized carbons (Fsp3) is 0.238. The van der Waals surface area contributed by atoms with Gasteiger partial charge < -0.3 is 40.3 Å². The van der Waals surface area contributed by atoms with E-state index >= 15 is 0 Å². The predicted octanol–water partition coefficient (Wildman–Crippen LogP) is 5.96. The molecule has 16 heteroatoms. The summed E-state index contributed by atoms with van der Waals surface area (Å²) in [6, 6.07) is 23.8. The third-order valence-electron chi connectivity index (χ3n) is 9.83. The molecule has 0 saturated carbocycles. The summed E-state index contributed by atoms with van der Waals surface area (Å²) >= 11 is 0. The second kappa shape index (κ2) is 17.6. The smallest absolute Gasteiger partial charge is 0.408 e. The Morgan fingerprint density at radius 1 is 0.741 bits per heavy atom. The Morgan fingerprint density at radius 3 is 2.05 bits per heavy atom. The average molecular weight is 783 g/mol. The number of aromatic amines is 2. The van der Waals surface area contributed by atoms with Crippen LogP contribution in [0.2, 0.25) is 0 Å². The van der Waals surface area contributed by atoms with Crippen LogP contribution in [0.3, 0.4) is 0 Å². The minimum absolute atomic E-state index is 0.304. The number of rotatable bonds is 12. The normalized spacial score (nSPS) is 15.2. The monoisotopic (exact) mass is 782 g/mol. The van der Waals surface area contributed by atoms with Gasteiger partial charge in [-0.2, -0.15) is 0 Å². The Labute approximate surface area is 333 Å². The van der Waals surface area contributed by atoms with Crippen molar-refractivity contribution < 1.29 is 28.7 Å². The van der Waals surface area contributed by atoms with Crippen LogP contribution in [0.5, 0.6) is 0 Å². The van der Waals surface area contributed by atoms with Crippen molar-refractivity contribution in [3.05, 3.63) is 132 Å². The molecule has 6 aromatic rings. The number of carbonyl (C=O) groups excluding carboxylic acids is 4. The molecule has 0 bridgehead atoms. The summed E-state index contributed by atoms with van der Waals surface area (Å²) in [5.41, 5.74) is 5.04. The molecule has 5 N–H and O–H groups in total. The number of nitrogens with zero attached hydrogens (tertiary/aromatic N) is 5. The minimum Gasteiger partial charge on any atom is -0.453 e. The van der Waals surface area contributed by atoms with Crippen molar-refractivity contribution in [3.8, 4) is 33.9 Å². The SMILES string of the molecule is CNC(=O)OC(C(=O)N1CCC[C@H]1c1ncc(-c2ccc(-c3ncc(-c4cnc([C@@H](C)NC(=O)[C@H](NC(=O)OC)c5ccccc5)[nH]4)cn3)cc2)[nH]1)c1ccccc1. The summed E-state index contributed by atoms with van der Waals surface area (Å²) in [4.78, 5) is 77.9. The molecular weight excluding hydrogens is 741 g/mol. The molecule has 58 heavy (non-hydrogen) atoms. The number of alkyl carbamates (subject to hydrolysis) is 2. The number of hydrogen-bond donors (Lipinski definition) is 5. The van der Waals surface area contributed by atoms with Gasteiger partial charge in [0, 0.05) is 42.7 Å². The zero-order valence-electron chi connectivity index (χ0n) is 32.0. The maximum atomic E-state index is 13.8. The quantitative estimate of drug-likeness (QED) is 0.0984. The van der Waals surface area contributed by atoms with E-state index in [-0.39, 0.29) is 11.9 Å². The van der Waals surface area contributed by atoms with Crippen molar-refractivity contribution in [3.63, 3.8) is 0 Å². The molecule has 1 saturated heterocycles. The molecule has 1 aliphatic heterocycles. The zero-order chi connectivity index (χ0) is 40.6. The summed E-state index contributed by atoms with van der Waals surface area (Å²) in [7, 11) is 2.69. The number of ether oxygens (including phenoxy) is 2. The van der Waals surface area contributed by atoms with Crippen molar-refractivity contribution in [2.45, 2.75) is 44.0 Å². The number of likely N-dealkylation sites (tertiary alicyclic amines) is 1. The van der Waals surface area contributed by atoms with Gasteiger partial charge in [0.05, 0.1) is 43.0 Å². The van der Waals surface area contributed by atoms with Crippen LogP contribution in [0.1, 0.15) is 66.8 Å². The van der Waals surface area contributed by atoms with Gasteiger partial charge in [-0.25, -0.2) is 29.5 Å². The lowest BCUT2D eigenvalue weighted by Gasteiger charge is -2.28. The lowest BCUT2D eigenvalue weighted by molar-refractivity contribution is -0.141. The maximum Gasteiger partial charge on any atom is 0.408 e. The number of carbonyl (C=O) groups is 4. The topological polar surface area (TPSA) is 209 Å². The fourth-order valence-corrected chi connectivity index (χ4v) is 6.78. The molecule has 16 nitrogen and oxygen atoms in total. The molecule has 3 aromatic carbocycles. The maximum absolute atomic E-state index is 13.8. The van der Waals surface area contributed by atoms with Gasteiger partial charge in [-0.3, -0.25) is 9.59 Å². The molecule has 3 aromatic heterocycles. The van der Waals surface area contributed by atoms with E-state index in [9.17, 15) is 19.2 Å². The van der Waals surface area contributed by atoms with E-state index in [1.165, 1.54) is 14.2 Å². The summed E-state index contributed by atoms with van der Waals surface area (Å²) in [6.07, 6.45) is 5.79. The predicted molar refractivity (Wildman–Crippen MR) is 212 cm³/mol. The van der Waals surface area contributed by atoms with Crippen LogP contribution in [0.25, 0.3) is 33.9 Å². The third kappa shape index (κ3) is 8.70. The Morgan fingerprint density at radius 2 is 1.38 bits per heavy atom. The minimum atomic E-state index is -1.09. The van der Waals surface area contributed by atoms with Crippen LogP contribution in [0.4, 0.5) is 9.59 Å². The largest absolute Gasteiger partial charge is 0.453 e. The molecule has 4 atom stereocenters. The molecular formula is C42H42N10O6. The van der Waals surface area contributed by atoms with E-state index in [1.807, 2.05) is 36.4 Å². The van der Waals surface area contributed by atoms with Crippen molar-refractivity contribution in [2.24, 2.45) is 0 Å². The summed E-state index contributed by atoms with van der Waals surface area (Å²) in [6.45, 7) is 2.30. The molecule has 296 valence electrons. The molecule has 4 amide bonds. The van der Waals surface area contributed by atoms with Crippen LogP contribution in [-0.4, -0.2) is 79.5 Å². The number of hydrogen-bond acceptors (Lipinski definition) is 10. The number of methoxy groups -OCH3 is 1.